The lowest BCUT2D eigenvalue weighted by molar-refractivity contribution is -0.140. The number of Topliss-reactive ketones (excluding diaryl/α,β-unsaturated/α-hetero) is 1. The fourth-order valence-electron chi connectivity index (χ4n) is 4.00. The molecule has 0 saturated carbocycles. The van der Waals surface area contributed by atoms with Crippen LogP contribution in [-0.2, 0) is 16.1 Å². The minimum Gasteiger partial charge on any atom is -0.507 e. The maximum atomic E-state index is 13.2. The van der Waals surface area contributed by atoms with Crippen LogP contribution >= 0.6 is 15.9 Å². The van der Waals surface area contributed by atoms with Gasteiger partial charge in [0.15, 0.2) is 11.5 Å². The number of carbonyl (C=O) groups excluding carboxylic acids is 2. The highest BCUT2D eigenvalue weighted by atomic mass is 79.9. The second-order valence-corrected chi connectivity index (χ2v) is 8.55. The molecule has 1 atom stereocenters. The highest BCUT2D eigenvalue weighted by molar-refractivity contribution is 9.10. The van der Waals surface area contributed by atoms with Crippen LogP contribution in [0.2, 0.25) is 0 Å². The van der Waals surface area contributed by atoms with Gasteiger partial charge in [0.2, 0.25) is 0 Å². The Labute approximate surface area is 205 Å². The molecular formula is C26H22BrNO6. The van der Waals surface area contributed by atoms with Crippen molar-refractivity contribution in [3.8, 4) is 17.2 Å². The van der Waals surface area contributed by atoms with Gasteiger partial charge in [-0.25, -0.2) is 0 Å². The van der Waals surface area contributed by atoms with Gasteiger partial charge in [-0.15, -0.1) is 0 Å². The minimum absolute atomic E-state index is 0.0613. The fraction of sp³-hybridized carbons (Fsp3) is 0.154. The van der Waals surface area contributed by atoms with Crippen LogP contribution in [0.5, 0.6) is 17.2 Å². The van der Waals surface area contributed by atoms with Crippen LogP contribution in [0.3, 0.4) is 0 Å². The normalized spacial score (nSPS) is 17.1. The second kappa shape index (κ2) is 9.61. The summed E-state index contributed by atoms with van der Waals surface area (Å²) < 4.78 is 10.8. The average Bonchev–Trinajstić information content (AvgIpc) is 3.10. The Kier molecular flexibility index (Phi) is 6.61. The van der Waals surface area contributed by atoms with Gasteiger partial charge in [-0.05, 0) is 51.3 Å². The van der Waals surface area contributed by atoms with Crippen LogP contribution in [0.1, 0.15) is 22.7 Å². The molecule has 0 bridgehead atoms. The quantitative estimate of drug-likeness (QED) is 0.274. The van der Waals surface area contributed by atoms with Gasteiger partial charge in [0.05, 0.1) is 30.3 Å². The van der Waals surface area contributed by atoms with Gasteiger partial charge in [0.25, 0.3) is 11.7 Å². The largest absolute Gasteiger partial charge is 0.507 e. The third-order valence-corrected chi connectivity index (χ3v) is 6.27. The number of ether oxygens (including phenoxy) is 2. The average molecular weight is 524 g/mol. The van der Waals surface area contributed by atoms with E-state index in [0.717, 1.165) is 5.56 Å². The van der Waals surface area contributed by atoms with Crippen molar-refractivity contribution in [2.24, 2.45) is 0 Å². The standard InChI is InChI=1S/C26H22BrNO6/c1-33-18-10-6-9-16(11-18)23(29)21-22(17-12-19(27)24(30)20(13-17)34-2)28(26(32)25(21)31)14-15-7-4-3-5-8-15/h3-13,22,29-30H,14H2,1-2H3/b23-21+. The molecule has 7 nitrogen and oxygen atoms in total. The summed E-state index contributed by atoms with van der Waals surface area (Å²) in [7, 11) is 2.90. The molecule has 3 aromatic rings. The number of likely N-dealkylation sites (tertiary alicyclic amines) is 1. The summed E-state index contributed by atoms with van der Waals surface area (Å²) in [6.07, 6.45) is 0. The summed E-state index contributed by atoms with van der Waals surface area (Å²) >= 11 is 3.31. The van der Waals surface area contributed by atoms with Crippen molar-refractivity contribution in [2.75, 3.05) is 14.2 Å². The Morgan fingerprint density at radius 2 is 1.74 bits per heavy atom. The molecule has 0 aliphatic carbocycles. The van der Waals surface area contributed by atoms with Gasteiger partial charge in [-0.2, -0.15) is 0 Å². The van der Waals surface area contributed by atoms with E-state index >= 15 is 0 Å². The molecule has 1 aliphatic heterocycles. The molecule has 1 saturated heterocycles. The summed E-state index contributed by atoms with van der Waals surface area (Å²) in [6.45, 7) is 0.145. The van der Waals surface area contributed by atoms with Crippen LogP contribution in [-0.4, -0.2) is 41.0 Å². The molecule has 1 aliphatic rings. The number of aliphatic hydroxyl groups excluding tert-OH is 1. The van der Waals surface area contributed by atoms with E-state index in [9.17, 15) is 19.8 Å². The molecule has 1 amide bonds. The van der Waals surface area contributed by atoms with E-state index in [1.807, 2.05) is 30.3 Å². The summed E-state index contributed by atoms with van der Waals surface area (Å²) in [5, 5.41) is 21.5. The van der Waals surface area contributed by atoms with E-state index in [-0.39, 0.29) is 29.4 Å². The minimum atomic E-state index is -0.919. The summed E-state index contributed by atoms with van der Waals surface area (Å²) in [6, 6.07) is 18.1. The number of phenolic OH excluding ortho intramolecular Hbond substituents is 1. The molecule has 0 spiro atoms. The number of methoxy groups -OCH3 is 2. The summed E-state index contributed by atoms with van der Waals surface area (Å²) in [5.74, 6) is -1.31. The van der Waals surface area contributed by atoms with E-state index in [2.05, 4.69) is 15.9 Å². The Balaban J connectivity index is 1.93. The molecule has 2 N–H and O–H groups in total. The van der Waals surface area contributed by atoms with E-state index < -0.39 is 17.7 Å². The van der Waals surface area contributed by atoms with Crippen molar-refractivity contribution in [3.05, 3.63) is 93.5 Å². The highest BCUT2D eigenvalue weighted by Gasteiger charge is 2.46. The number of carbonyl (C=O) groups is 2. The summed E-state index contributed by atoms with van der Waals surface area (Å²) in [5.41, 5.74) is 1.59. The number of benzene rings is 3. The van der Waals surface area contributed by atoms with Gasteiger partial charge < -0.3 is 24.6 Å². The second-order valence-electron chi connectivity index (χ2n) is 7.70. The van der Waals surface area contributed by atoms with Gasteiger partial charge >= 0.3 is 0 Å². The maximum absolute atomic E-state index is 13.2. The molecule has 1 fully saturated rings. The van der Waals surface area contributed by atoms with Gasteiger partial charge in [0.1, 0.15) is 11.5 Å². The third kappa shape index (κ3) is 4.24. The number of hydrogen-bond acceptors (Lipinski definition) is 6. The number of halogens is 1. The summed E-state index contributed by atoms with van der Waals surface area (Å²) in [4.78, 5) is 27.8. The monoisotopic (exact) mass is 523 g/mol. The number of rotatable bonds is 6. The molecule has 1 unspecified atom stereocenters. The molecule has 0 aromatic heterocycles. The van der Waals surface area contributed by atoms with Gasteiger partial charge in [0, 0.05) is 12.1 Å². The third-order valence-electron chi connectivity index (χ3n) is 5.67. The van der Waals surface area contributed by atoms with E-state index in [4.69, 9.17) is 9.47 Å². The number of amides is 1. The van der Waals surface area contributed by atoms with Crippen molar-refractivity contribution in [3.63, 3.8) is 0 Å². The number of phenols is 1. The van der Waals surface area contributed by atoms with Crippen LogP contribution in [0.15, 0.2) is 76.8 Å². The highest BCUT2D eigenvalue weighted by Crippen LogP contribution is 2.45. The zero-order valence-corrected chi connectivity index (χ0v) is 20.1. The number of aromatic hydroxyl groups is 1. The predicted molar refractivity (Wildman–Crippen MR) is 130 cm³/mol. The smallest absolute Gasteiger partial charge is 0.295 e. The van der Waals surface area contributed by atoms with Crippen molar-refractivity contribution in [2.45, 2.75) is 12.6 Å². The maximum Gasteiger partial charge on any atom is 0.295 e. The molecule has 3 aromatic carbocycles. The van der Waals surface area contributed by atoms with Crippen LogP contribution in [0.25, 0.3) is 5.76 Å². The fourth-order valence-corrected chi connectivity index (χ4v) is 4.46. The first-order valence-electron chi connectivity index (χ1n) is 10.4. The zero-order valence-electron chi connectivity index (χ0n) is 18.5. The van der Waals surface area contributed by atoms with Crippen molar-refractivity contribution in [1.29, 1.82) is 0 Å². The molecule has 4 rings (SSSR count). The molecule has 1 heterocycles. The first-order chi connectivity index (χ1) is 16.3. The van der Waals surface area contributed by atoms with E-state index in [0.29, 0.717) is 21.3 Å². The molecule has 0 radical (unpaired) electrons. The Morgan fingerprint density at radius 3 is 2.41 bits per heavy atom. The molecule has 174 valence electrons. The van der Waals surface area contributed by atoms with E-state index in [1.165, 1.54) is 19.1 Å². The first kappa shape index (κ1) is 23.4. The number of nitrogens with zero attached hydrogens (tertiary/aromatic N) is 1. The Hall–Kier alpha value is -3.78. The first-order valence-corrected chi connectivity index (χ1v) is 11.2. The topological polar surface area (TPSA) is 96.3 Å². The zero-order chi connectivity index (χ0) is 24.4. The van der Waals surface area contributed by atoms with E-state index in [1.54, 1.807) is 36.4 Å². The van der Waals surface area contributed by atoms with Crippen molar-refractivity contribution < 1.29 is 29.3 Å². The number of hydrogen-bond donors (Lipinski definition) is 2. The van der Waals surface area contributed by atoms with Crippen molar-refractivity contribution >= 4 is 33.4 Å². The Bertz CT molecular complexity index is 1290. The Morgan fingerprint density at radius 1 is 1.00 bits per heavy atom. The predicted octanol–water partition coefficient (Wildman–Crippen LogP) is 4.79. The number of ketones is 1. The molecule has 34 heavy (non-hydrogen) atoms. The molecule has 8 heteroatoms. The van der Waals surface area contributed by atoms with Crippen LogP contribution in [0, 0.1) is 0 Å². The molecular weight excluding hydrogens is 502 g/mol. The lowest BCUT2D eigenvalue weighted by Gasteiger charge is -2.26. The van der Waals surface area contributed by atoms with Gasteiger partial charge in [-0.3, -0.25) is 9.59 Å². The number of aliphatic hydroxyl groups is 1. The van der Waals surface area contributed by atoms with Crippen LogP contribution in [0.4, 0.5) is 0 Å². The van der Waals surface area contributed by atoms with Crippen LogP contribution < -0.4 is 9.47 Å². The van der Waals surface area contributed by atoms with Gasteiger partial charge in [-0.1, -0.05) is 42.5 Å². The SMILES string of the molecule is COc1cccc(/C(O)=C2\C(=O)C(=O)N(Cc3ccccc3)C2c2cc(Br)c(O)c(OC)c2)c1. The lowest BCUT2D eigenvalue weighted by atomic mass is 9.94. The van der Waals surface area contributed by atoms with Crippen molar-refractivity contribution in [1.82, 2.24) is 4.90 Å². The lowest BCUT2D eigenvalue weighted by Crippen LogP contribution is -2.29.